The number of carbonyl (C=O) groups excluding carboxylic acids is 3. The van der Waals surface area contributed by atoms with Crippen LogP contribution in [0, 0.1) is 12.8 Å². The number of benzene rings is 2. The Balaban J connectivity index is 1.56. The van der Waals surface area contributed by atoms with Gasteiger partial charge in [0, 0.05) is 28.7 Å². The van der Waals surface area contributed by atoms with E-state index in [-0.39, 0.29) is 18.9 Å². The molecule has 6 nitrogen and oxygen atoms in total. The zero-order valence-corrected chi connectivity index (χ0v) is 17.6. The van der Waals surface area contributed by atoms with E-state index in [1.54, 1.807) is 24.3 Å². The second-order valence-electron chi connectivity index (χ2n) is 6.62. The third-order valence-electron chi connectivity index (χ3n) is 4.47. The van der Waals surface area contributed by atoms with Crippen molar-refractivity contribution in [2.24, 2.45) is 5.92 Å². The standard InChI is InChI=1S/C20H17Cl3N2O4/c1-11-2-4-14(8-16(11)23)25-9-12(6-19(25)27)20(28)29-10-18(26)24-17-7-13(21)3-5-15(17)22/h2-5,7-8,12H,6,9-10H2,1H3,(H,24,26)/t12-/m0/s1. The number of hydrogen-bond donors (Lipinski definition) is 1. The Morgan fingerprint density at radius 3 is 2.62 bits per heavy atom. The molecule has 3 rings (SSSR count). The number of aryl methyl sites for hydroxylation is 1. The molecular formula is C20H17Cl3N2O4. The highest BCUT2D eigenvalue weighted by atomic mass is 35.5. The van der Waals surface area contributed by atoms with E-state index in [0.717, 1.165) is 5.56 Å². The number of nitrogens with zero attached hydrogens (tertiary/aromatic N) is 1. The minimum atomic E-state index is -0.662. The fraction of sp³-hybridized carbons (Fsp3) is 0.250. The number of carbonyl (C=O) groups is 3. The van der Waals surface area contributed by atoms with Crippen LogP contribution in [-0.4, -0.2) is 30.9 Å². The van der Waals surface area contributed by atoms with Gasteiger partial charge in [-0.2, -0.15) is 0 Å². The predicted molar refractivity (Wildman–Crippen MR) is 113 cm³/mol. The van der Waals surface area contributed by atoms with Crippen molar-refractivity contribution >= 4 is 64.0 Å². The first kappa shape index (κ1) is 21.4. The minimum Gasteiger partial charge on any atom is -0.455 e. The molecular weight excluding hydrogens is 439 g/mol. The van der Waals surface area contributed by atoms with Crippen molar-refractivity contribution in [3.8, 4) is 0 Å². The molecule has 1 heterocycles. The molecule has 29 heavy (non-hydrogen) atoms. The summed E-state index contributed by atoms with van der Waals surface area (Å²) in [5.74, 6) is -2.05. The number of rotatable bonds is 5. The van der Waals surface area contributed by atoms with E-state index < -0.39 is 24.4 Å². The Kier molecular flexibility index (Phi) is 6.67. The van der Waals surface area contributed by atoms with Crippen LogP contribution in [0.2, 0.25) is 15.1 Å². The second kappa shape index (κ2) is 9.03. The van der Waals surface area contributed by atoms with Crippen LogP contribution in [0.5, 0.6) is 0 Å². The largest absolute Gasteiger partial charge is 0.455 e. The maximum Gasteiger partial charge on any atom is 0.311 e. The van der Waals surface area contributed by atoms with Crippen molar-refractivity contribution in [2.75, 3.05) is 23.4 Å². The van der Waals surface area contributed by atoms with Gasteiger partial charge in [0.15, 0.2) is 6.61 Å². The topological polar surface area (TPSA) is 75.7 Å². The quantitative estimate of drug-likeness (QED) is 0.674. The zero-order valence-electron chi connectivity index (χ0n) is 15.4. The molecule has 1 aliphatic heterocycles. The van der Waals surface area contributed by atoms with E-state index in [2.05, 4.69) is 5.32 Å². The van der Waals surface area contributed by atoms with Gasteiger partial charge in [-0.05, 0) is 42.8 Å². The first-order chi connectivity index (χ1) is 13.7. The number of nitrogens with one attached hydrogen (secondary N) is 1. The van der Waals surface area contributed by atoms with Crippen molar-refractivity contribution in [1.82, 2.24) is 0 Å². The summed E-state index contributed by atoms with van der Waals surface area (Å²) in [7, 11) is 0. The van der Waals surface area contributed by atoms with E-state index in [1.807, 2.05) is 13.0 Å². The SMILES string of the molecule is Cc1ccc(N2C[C@@H](C(=O)OCC(=O)Nc3cc(Cl)ccc3Cl)CC2=O)cc1Cl. The summed E-state index contributed by atoms with van der Waals surface area (Å²) in [5, 5.41) is 3.78. The van der Waals surface area contributed by atoms with Gasteiger partial charge in [-0.15, -0.1) is 0 Å². The lowest BCUT2D eigenvalue weighted by Gasteiger charge is -2.17. The average molecular weight is 456 g/mol. The van der Waals surface area contributed by atoms with Crippen molar-refractivity contribution in [3.05, 3.63) is 57.0 Å². The van der Waals surface area contributed by atoms with Crippen molar-refractivity contribution in [2.45, 2.75) is 13.3 Å². The molecule has 1 aliphatic rings. The van der Waals surface area contributed by atoms with Crippen LogP contribution in [0.15, 0.2) is 36.4 Å². The maximum absolute atomic E-state index is 12.3. The summed E-state index contributed by atoms with van der Waals surface area (Å²) in [6.45, 7) is 1.53. The van der Waals surface area contributed by atoms with Crippen LogP contribution < -0.4 is 10.2 Å². The summed E-state index contributed by atoms with van der Waals surface area (Å²) >= 11 is 18.0. The zero-order chi connectivity index (χ0) is 21.1. The lowest BCUT2D eigenvalue weighted by atomic mass is 10.1. The molecule has 2 amide bonds. The fourth-order valence-electron chi connectivity index (χ4n) is 2.90. The van der Waals surface area contributed by atoms with Crippen LogP contribution in [0.3, 0.4) is 0 Å². The Labute approximate surface area is 182 Å². The van der Waals surface area contributed by atoms with Crippen molar-refractivity contribution < 1.29 is 19.1 Å². The molecule has 1 saturated heterocycles. The highest BCUT2D eigenvalue weighted by Gasteiger charge is 2.36. The molecule has 0 unspecified atom stereocenters. The highest BCUT2D eigenvalue weighted by Crippen LogP contribution is 2.29. The van der Waals surface area contributed by atoms with Gasteiger partial charge in [-0.25, -0.2) is 0 Å². The molecule has 0 radical (unpaired) electrons. The van der Waals surface area contributed by atoms with Crippen LogP contribution in [0.4, 0.5) is 11.4 Å². The van der Waals surface area contributed by atoms with Crippen molar-refractivity contribution in [1.29, 1.82) is 0 Å². The van der Waals surface area contributed by atoms with E-state index in [4.69, 9.17) is 39.5 Å². The Morgan fingerprint density at radius 1 is 1.14 bits per heavy atom. The molecule has 1 fully saturated rings. The summed E-state index contributed by atoms with van der Waals surface area (Å²) < 4.78 is 5.07. The summed E-state index contributed by atoms with van der Waals surface area (Å²) in [4.78, 5) is 38.1. The molecule has 152 valence electrons. The lowest BCUT2D eigenvalue weighted by molar-refractivity contribution is -0.151. The Morgan fingerprint density at radius 2 is 1.90 bits per heavy atom. The predicted octanol–water partition coefficient (Wildman–Crippen LogP) is 4.49. The molecule has 2 aromatic carbocycles. The Bertz CT molecular complexity index is 980. The van der Waals surface area contributed by atoms with Crippen LogP contribution in [0.25, 0.3) is 0 Å². The van der Waals surface area contributed by atoms with E-state index in [0.29, 0.717) is 26.4 Å². The summed E-state index contributed by atoms with van der Waals surface area (Å²) in [5.41, 5.74) is 1.83. The molecule has 0 spiro atoms. The number of anilines is 2. The molecule has 0 aliphatic carbocycles. The van der Waals surface area contributed by atoms with Gasteiger partial charge in [-0.1, -0.05) is 40.9 Å². The number of halogens is 3. The number of esters is 1. The smallest absolute Gasteiger partial charge is 0.311 e. The van der Waals surface area contributed by atoms with Crippen LogP contribution >= 0.6 is 34.8 Å². The maximum atomic E-state index is 12.3. The molecule has 0 saturated carbocycles. The van der Waals surface area contributed by atoms with Gasteiger partial charge < -0.3 is 15.0 Å². The molecule has 0 aromatic heterocycles. The molecule has 0 bridgehead atoms. The highest BCUT2D eigenvalue weighted by molar-refractivity contribution is 6.35. The number of hydrogen-bond acceptors (Lipinski definition) is 4. The lowest BCUT2D eigenvalue weighted by Crippen LogP contribution is -2.28. The second-order valence-corrected chi connectivity index (χ2v) is 7.87. The monoisotopic (exact) mass is 454 g/mol. The van der Waals surface area contributed by atoms with Gasteiger partial charge in [0.25, 0.3) is 5.91 Å². The van der Waals surface area contributed by atoms with E-state index >= 15 is 0 Å². The van der Waals surface area contributed by atoms with Crippen LogP contribution in [0.1, 0.15) is 12.0 Å². The molecule has 9 heteroatoms. The number of ether oxygens (including phenoxy) is 1. The van der Waals surface area contributed by atoms with Gasteiger partial charge in [0.2, 0.25) is 5.91 Å². The third-order valence-corrected chi connectivity index (χ3v) is 5.45. The third kappa shape index (κ3) is 5.21. The van der Waals surface area contributed by atoms with Gasteiger partial charge in [0.1, 0.15) is 0 Å². The molecule has 1 N–H and O–H groups in total. The van der Waals surface area contributed by atoms with Gasteiger partial charge in [0.05, 0.1) is 16.6 Å². The summed E-state index contributed by atoms with van der Waals surface area (Å²) in [6.07, 6.45) is 0.00602. The average Bonchev–Trinajstić information content (AvgIpc) is 3.07. The van der Waals surface area contributed by atoms with E-state index in [9.17, 15) is 14.4 Å². The van der Waals surface area contributed by atoms with Crippen molar-refractivity contribution in [3.63, 3.8) is 0 Å². The first-order valence-corrected chi connectivity index (χ1v) is 9.86. The van der Waals surface area contributed by atoms with Gasteiger partial charge >= 0.3 is 5.97 Å². The van der Waals surface area contributed by atoms with Crippen LogP contribution in [-0.2, 0) is 19.1 Å². The first-order valence-electron chi connectivity index (χ1n) is 8.72. The molecule has 2 aromatic rings. The molecule has 1 atom stereocenters. The number of amides is 2. The summed E-state index contributed by atoms with van der Waals surface area (Å²) in [6, 6.07) is 9.89. The normalized spacial score (nSPS) is 16.1. The fourth-order valence-corrected chi connectivity index (χ4v) is 3.41. The minimum absolute atomic E-state index is 0.00602. The van der Waals surface area contributed by atoms with Gasteiger partial charge in [-0.3, -0.25) is 14.4 Å². The van der Waals surface area contributed by atoms with E-state index in [1.165, 1.54) is 11.0 Å². The Hall–Kier alpha value is -2.28.